The molecule has 104 valence electrons. The molecule has 3 aliphatic rings. The molecule has 0 spiro atoms. The van der Waals surface area contributed by atoms with Crippen molar-refractivity contribution >= 4 is 0 Å². The van der Waals surface area contributed by atoms with Gasteiger partial charge in [-0.15, -0.1) is 0 Å². The van der Waals surface area contributed by atoms with Crippen LogP contribution in [0.3, 0.4) is 0 Å². The van der Waals surface area contributed by atoms with Gasteiger partial charge in [-0.3, -0.25) is 4.90 Å². The summed E-state index contributed by atoms with van der Waals surface area (Å²) in [7, 11) is 2.15. The minimum Gasteiger partial charge on any atom is -0.317 e. The molecule has 0 amide bonds. The first-order valence-electron chi connectivity index (χ1n) is 8.26. The molecule has 1 N–H and O–H groups in total. The van der Waals surface area contributed by atoms with Crippen LogP contribution >= 0.6 is 0 Å². The Morgan fingerprint density at radius 3 is 2.28 bits per heavy atom. The molecule has 3 rings (SSSR count). The van der Waals surface area contributed by atoms with Crippen LogP contribution in [0.25, 0.3) is 0 Å². The second-order valence-electron chi connectivity index (χ2n) is 6.88. The molecule has 3 atom stereocenters. The molecular weight excluding hydrogens is 220 g/mol. The fourth-order valence-electron chi connectivity index (χ4n) is 4.49. The smallest absolute Gasteiger partial charge is 0.0116 e. The van der Waals surface area contributed by atoms with E-state index in [0.717, 1.165) is 30.1 Å². The molecule has 0 aromatic rings. The van der Waals surface area contributed by atoms with Crippen LogP contribution in [0.2, 0.25) is 0 Å². The van der Waals surface area contributed by atoms with E-state index in [9.17, 15) is 0 Å². The highest BCUT2D eigenvalue weighted by Crippen LogP contribution is 2.41. The summed E-state index contributed by atoms with van der Waals surface area (Å²) in [5.41, 5.74) is 0. The maximum absolute atomic E-state index is 3.54. The normalized spacial score (nSPS) is 38.7. The van der Waals surface area contributed by atoms with E-state index in [1.165, 1.54) is 57.8 Å². The molecule has 2 heterocycles. The highest BCUT2D eigenvalue weighted by Gasteiger charge is 2.41. The number of rotatable bonds is 5. The Bertz CT molecular complexity index is 260. The van der Waals surface area contributed by atoms with E-state index in [4.69, 9.17) is 0 Å². The zero-order chi connectivity index (χ0) is 12.5. The molecule has 0 radical (unpaired) electrons. The van der Waals surface area contributed by atoms with Crippen molar-refractivity contribution in [1.82, 2.24) is 10.2 Å². The molecule has 2 bridgehead atoms. The lowest BCUT2D eigenvalue weighted by molar-refractivity contribution is -0.0154. The van der Waals surface area contributed by atoms with E-state index in [2.05, 4.69) is 24.2 Å². The quantitative estimate of drug-likeness (QED) is 0.806. The number of piperidine rings is 2. The number of fused-ring (bicyclic) bond motifs is 2. The largest absolute Gasteiger partial charge is 0.317 e. The summed E-state index contributed by atoms with van der Waals surface area (Å²) in [5.74, 6) is 1.08. The summed E-state index contributed by atoms with van der Waals surface area (Å²) >= 11 is 0. The van der Waals surface area contributed by atoms with Crippen molar-refractivity contribution < 1.29 is 0 Å². The molecule has 18 heavy (non-hydrogen) atoms. The molecule has 2 saturated heterocycles. The van der Waals surface area contributed by atoms with Gasteiger partial charge in [0.15, 0.2) is 0 Å². The van der Waals surface area contributed by atoms with Crippen molar-refractivity contribution in [2.24, 2.45) is 5.92 Å². The van der Waals surface area contributed by atoms with Gasteiger partial charge in [0, 0.05) is 24.2 Å². The van der Waals surface area contributed by atoms with Crippen molar-refractivity contribution in [3.63, 3.8) is 0 Å². The lowest BCUT2D eigenvalue weighted by atomic mass is 9.80. The van der Waals surface area contributed by atoms with Crippen LogP contribution in [0.1, 0.15) is 64.7 Å². The highest BCUT2D eigenvalue weighted by molar-refractivity contribution is 4.98. The van der Waals surface area contributed by atoms with Crippen LogP contribution in [0, 0.1) is 5.92 Å². The molecular formula is C16H30N2. The van der Waals surface area contributed by atoms with Gasteiger partial charge >= 0.3 is 0 Å². The van der Waals surface area contributed by atoms with Gasteiger partial charge in [-0.2, -0.15) is 0 Å². The Hall–Kier alpha value is -0.0800. The first kappa shape index (κ1) is 12.9. The zero-order valence-electron chi connectivity index (χ0n) is 12.2. The molecule has 0 aromatic carbocycles. The first-order chi connectivity index (χ1) is 8.81. The third kappa shape index (κ3) is 2.60. The predicted molar refractivity (Wildman–Crippen MR) is 76.8 cm³/mol. The monoisotopic (exact) mass is 250 g/mol. The average Bonchev–Trinajstić information content (AvgIpc) is 3.18. The molecule has 3 unspecified atom stereocenters. The SMILES string of the molecule is CCC(CC1CC1)N1C2CCCC1CC(NC)C2. The summed E-state index contributed by atoms with van der Waals surface area (Å²) in [5, 5.41) is 3.54. The summed E-state index contributed by atoms with van der Waals surface area (Å²) in [4.78, 5) is 2.97. The minimum absolute atomic E-state index is 0.787. The minimum atomic E-state index is 0.787. The summed E-state index contributed by atoms with van der Waals surface area (Å²) in [6, 6.07) is 3.46. The van der Waals surface area contributed by atoms with Crippen LogP contribution in [0.15, 0.2) is 0 Å². The van der Waals surface area contributed by atoms with Gasteiger partial charge in [0.05, 0.1) is 0 Å². The predicted octanol–water partition coefficient (Wildman–Crippen LogP) is 3.17. The van der Waals surface area contributed by atoms with Gasteiger partial charge in [0.25, 0.3) is 0 Å². The third-order valence-electron chi connectivity index (χ3n) is 5.63. The van der Waals surface area contributed by atoms with Gasteiger partial charge in [-0.25, -0.2) is 0 Å². The van der Waals surface area contributed by atoms with E-state index in [1.807, 2.05) is 0 Å². The van der Waals surface area contributed by atoms with Crippen molar-refractivity contribution in [2.45, 2.75) is 88.9 Å². The average molecular weight is 250 g/mol. The van der Waals surface area contributed by atoms with Gasteiger partial charge in [-0.1, -0.05) is 26.2 Å². The summed E-state index contributed by atoms with van der Waals surface area (Å²) in [6.07, 6.45) is 13.1. The van der Waals surface area contributed by atoms with Crippen LogP contribution in [-0.4, -0.2) is 36.1 Å². The van der Waals surface area contributed by atoms with Crippen molar-refractivity contribution in [3.8, 4) is 0 Å². The Balaban J connectivity index is 1.69. The maximum atomic E-state index is 3.54. The number of nitrogens with zero attached hydrogens (tertiary/aromatic N) is 1. The van der Waals surface area contributed by atoms with Crippen LogP contribution < -0.4 is 5.32 Å². The van der Waals surface area contributed by atoms with Crippen LogP contribution in [-0.2, 0) is 0 Å². The molecule has 1 saturated carbocycles. The van der Waals surface area contributed by atoms with E-state index < -0.39 is 0 Å². The van der Waals surface area contributed by atoms with E-state index in [1.54, 1.807) is 0 Å². The summed E-state index contributed by atoms with van der Waals surface area (Å²) in [6.45, 7) is 2.41. The second kappa shape index (κ2) is 5.50. The molecule has 0 aromatic heterocycles. The topological polar surface area (TPSA) is 15.3 Å². The first-order valence-corrected chi connectivity index (χ1v) is 8.26. The number of hydrogen-bond donors (Lipinski definition) is 1. The fourth-order valence-corrected chi connectivity index (χ4v) is 4.49. The zero-order valence-corrected chi connectivity index (χ0v) is 12.2. The van der Waals surface area contributed by atoms with Gasteiger partial charge in [0.1, 0.15) is 0 Å². The molecule has 2 aliphatic heterocycles. The summed E-state index contributed by atoms with van der Waals surface area (Å²) < 4.78 is 0. The third-order valence-corrected chi connectivity index (χ3v) is 5.63. The Morgan fingerprint density at radius 1 is 1.11 bits per heavy atom. The van der Waals surface area contributed by atoms with Gasteiger partial charge in [0.2, 0.25) is 0 Å². The molecule has 2 heteroatoms. The molecule has 2 nitrogen and oxygen atoms in total. The van der Waals surface area contributed by atoms with Crippen LogP contribution in [0.5, 0.6) is 0 Å². The van der Waals surface area contributed by atoms with Crippen molar-refractivity contribution in [3.05, 3.63) is 0 Å². The maximum Gasteiger partial charge on any atom is 0.0116 e. The number of hydrogen-bond acceptors (Lipinski definition) is 2. The van der Waals surface area contributed by atoms with Crippen molar-refractivity contribution in [2.75, 3.05) is 7.05 Å². The Morgan fingerprint density at radius 2 is 1.78 bits per heavy atom. The number of nitrogens with one attached hydrogen (secondary N) is 1. The Labute approximate surface area is 113 Å². The van der Waals surface area contributed by atoms with Gasteiger partial charge in [-0.05, 0) is 51.5 Å². The molecule has 3 fully saturated rings. The van der Waals surface area contributed by atoms with Crippen molar-refractivity contribution in [1.29, 1.82) is 0 Å². The standard InChI is InChI=1S/C16H30N2/c1-3-14(9-12-7-8-12)18-15-5-4-6-16(18)11-13(10-15)17-2/h12-17H,3-11H2,1-2H3. The van der Waals surface area contributed by atoms with Crippen LogP contribution in [0.4, 0.5) is 0 Å². The second-order valence-corrected chi connectivity index (χ2v) is 6.88. The highest BCUT2D eigenvalue weighted by atomic mass is 15.2. The fraction of sp³-hybridized carbons (Fsp3) is 1.00. The van der Waals surface area contributed by atoms with E-state index in [0.29, 0.717) is 0 Å². The van der Waals surface area contributed by atoms with E-state index >= 15 is 0 Å². The van der Waals surface area contributed by atoms with Gasteiger partial charge < -0.3 is 5.32 Å². The lowest BCUT2D eigenvalue weighted by Gasteiger charge is -2.52. The van der Waals surface area contributed by atoms with E-state index in [-0.39, 0.29) is 0 Å². The Kier molecular flexibility index (Phi) is 3.95. The lowest BCUT2D eigenvalue weighted by Crippen LogP contribution is -2.59. The molecule has 1 aliphatic carbocycles.